The number of nitrogens with zero attached hydrogens (tertiary/aromatic N) is 1. The van der Waals surface area contributed by atoms with E-state index in [1.807, 2.05) is 0 Å². The first-order chi connectivity index (χ1) is 7.27. The standard InChI is InChI=1S/C11H17FN2O/c1-2-3-4-5-15-11-9(7-13)6-10(12)8-14-11/h6,8H,2-5,7,13H2,1H3. The summed E-state index contributed by atoms with van der Waals surface area (Å²) in [5, 5.41) is 0. The van der Waals surface area contributed by atoms with Gasteiger partial charge in [0.05, 0.1) is 12.8 Å². The van der Waals surface area contributed by atoms with Crippen molar-refractivity contribution in [2.75, 3.05) is 6.61 Å². The Kier molecular flexibility index (Phi) is 5.04. The molecule has 3 nitrogen and oxygen atoms in total. The van der Waals surface area contributed by atoms with E-state index in [1.165, 1.54) is 6.07 Å². The van der Waals surface area contributed by atoms with Gasteiger partial charge >= 0.3 is 0 Å². The third kappa shape index (κ3) is 3.83. The van der Waals surface area contributed by atoms with E-state index in [9.17, 15) is 4.39 Å². The SMILES string of the molecule is CCCCCOc1ncc(F)cc1CN. The Bertz CT molecular complexity index is 305. The van der Waals surface area contributed by atoms with Gasteiger partial charge < -0.3 is 10.5 Å². The van der Waals surface area contributed by atoms with Crippen LogP contribution in [0.5, 0.6) is 5.88 Å². The van der Waals surface area contributed by atoms with Crippen molar-refractivity contribution in [1.82, 2.24) is 4.98 Å². The molecule has 0 aliphatic rings. The molecule has 15 heavy (non-hydrogen) atoms. The molecule has 1 rings (SSSR count). The summed E-state index contributed by atoms with van der Waals surface area (Å²) in [5.41, 5.74) is 6.08. The first-order valence-corrected chi connectivity index (χ1v) is 5.25. The molecule has 84 valence electrons. The minimum atomic E-state index is -0.378. The van der Waals surface area contributed by atoms with Gasteiger partial charge in [0.15, 0.2) is 0 Å². The number of rotatable bonds is 6. The molecule has 0 spiro atoms. The van der Waals surface area contributed by atoms with E-state index in [0.717, 1.165) is 25.5 Å². The maximum absolute atomic E-state index is 12.8. The Hall–Kier alpha value is -1.16. The highest BCUT2D eigenvalue weighted by molar-refractivity contribution is 5.25. The first-order valence-electron chi connectivity index (χ1n) is 5.25. The number of aromatic nitrogens is 1. The van der Waals surface area contributed by atoms with Gasteiger partial charge in [-0.3, -0.25) is 0 Å². The predicted molar refractivity (Wildman–Crippen MR) is 57.1 cm³/mol. The number of halogens is 1. The quantitative estimate of drug-likeness (QED) is 0.736. The summed E-state index contributed by atoms with van der Waals surface area (Å²) in [7, 11) is 0. The largest absolute Gasteiger partial charge is 0.477 e. The second-order valence-corrected chi connectivity index (χ2v) is 3.38. The van der Waals surface area contributed by atoms with Gasteiger partial charge in [-0.05, 0) is 12.5 Å². The molecule has 0 unspecified atom stereocenters. The van der Waals surface area contributed by atoms with Gasteiger partial charge in [0, 0.05) is 12.1 Å². The van der Waals surface area contributed by atoms with Crippen LogP contribution < -0.4 is 10.5 Å². The molecule has 0 aliphatic carbocycles. The van der Waals surface area contributed by atoms with Crippen LogP contribution in [0.25, 0.3) is 0 Å². The Labute approximate surface area is 89.5 Å². The van der Waals surface area contributed by atoms with Gasteiger partial charge in [-0.1, -0.05) is 19.8 Å². The fraction of sp³-hybridized carbons (Fsp3) is 0.545. The molecular weight excluding hydrogens is 195 g/mol. The predicted octanol–water partition coefficient (Wildman–Crippen LogP) is 2.25. The number of hydrogen-bond donors (Lipinski definition) is 1. The number of nitrogens with two attached hydrogens (primary N) is 1. The maximum atomic E-state index is 12.8. The molecule has 1 aromatic heterocycles. The third-order valence-corrected chi connectivity index (χ3v) is 2.10. The van der Waals surface area contributed by atoms with Gasteiger partial charge in [0.2, 0.25) is 5.88 Å². The van der Waals surface area contributed by atoms with Crippen LogP contribution in [-0.4, -0.2) is 11.6 Å². The number of pyridine rings is 1. The molecule has 4 heteroatoms. The highest BCUT2D eigenvalue weighted by atomic mass is 19.1. The van der Waals surface area contributed by atoms with Crippen LogP contribution in [-0.2, 0) is 6.54 Å². The van der Waals surface area contributed by atoms with Gasteiger partial charge in [-0.2, -0.15) is 0 Å². The molecule has 1 aromatic rings. The zero-order chi connectivity index (χ0) is 11.1. The second kappa shape index (κ2) is 6.35. The number of hydrogen-bond acceptors (Lipinski definition) is 3. The van der Waals surface area contributed by atoms with E-state index >= 15 is 0 Å². The molecule has 0 saturated carbocycles. The average molecular weight is 212 g/mol. The Morgan fingerprint density at radius 2 is 2.27 bits per heavy atom. The molecule has 0 amide bonds. The summed E-state index contributed by atoms with van der Waals surface area (Å²) in [6.07, 6.45) is 4.40. The summed E-state index contributed by atoms with van der Waals surface area (Å²) in [5.74, 6) is 0.0753. The summed E-state index contributed by atoms with van der Waals surface area (Å²) in [6, 6.07) is 1.36. The van der Waals surface area contributed by atoms with Crippen LogP contribution >= 0.6 is 0 Å². The normalized spacial score (nSPS) is 10.3. The highest BCUT2D eigenvalue weighted by Gasteiger charge is 2.05. The van der Waals surface area contributed by atoms with Gasteiger partial charge in [-0.25, -0.2) is 9.37 Å². The molecular formula is C11H17FN2O. The van der Waals surface area contributed by atoms with Crippen molar-refractivity contribution in [3.8, 4) is 5.88 Å². The monoisotopic (exact) mass is 212 g/mol. The second-order valence-electron chi connectivity index (χ2n) is 3.38. The topological polar surface area (TPSA) is 48.1 Å². The van der Waals surface area contributed by atoms with E-state index < -0.39 is 0 Å². The van der Waals surface area contributed by atoms with Gasteiger partial charge in [0.1, 0.15) is 5.82 Å². The van der Waals surface area contributed by atoms with Crippen molar-refractivity contribution >= 4 is 0 Å². The molecule has 0 aliphatic heterocycles. The van der Waals surface area contributed by atoms with E-state index in [2.05, 4.69) is 11.9 Å². The minimum absolute atomic E-state index is 0.244. The van der Waals surface area contributed by atoms with Crippen LogP contribution in [0.2, 0.25) is 0 Å². The smallest absolute Gasteiger partial charge is 0.218 e. The van der Waals surface area contributed by atoms with Crippen molar-refractivity contribution < 1.29 is 9.13 Å². The molecule has 0 atom stereocenters. The van der Waals surface area contributed by atoms with Crippen LogP contribution in [0.1, 0.15) is 31.7 Å². The lowest BCUT2D eigenvalue weighted by atomic mass is 10.2. The number of ether oxygens (including phenoxy) is 1. The van der Waals surface area contributed by atoms with Crippen LogP contribution in [0.4, 0.5) is 4.39 Å². The molecule has 0 fully saturated rings. The summed E-state index contributed by atoms with van der Waals surface area (Å²) < 4.78 is 18.2. The molecule has 2 N–H and O–H groups in total. The Morgan fingerprint density at radius 3 is 2.93 bits per heavy atom. The summed E-state index contributed by atoms with van der Waals surface area (Å²) in [4.78, 5) is 3.87. The lowest BCUT2D eigenvalue weighted by Gasteiger charge is -2.08. The molecule has 0 saturated heterocycles. The van der Waals surface area contributed by atoms with E-state index in [0.29, 0.717) is 18.1 Å². The molecule has 0 aromatic carbocycles. The fourth-order valence-electron chi connectivity index (χ4n) is 1.27. The highest BCUT2D eigenvalue weighted by Crippen LogP contribution is 2.15. The zero-order valence-corrected chi connectivity index (χ0v) is 9.00. The number of unbranched alkanes of at least 4 members (excludes halogenated alkanes) is 2. The Morgan fingerprint density at radius 1 is 1.47 bits per heavy atom. The van der Waals surface area contributed by atoms with E-state index in [4.69, 9.17) is 10.5 Å². The average Bonchev–Trinajstić information content (AvgIpc) is 2.26. The van der Waals surface area contributed by atoms with Crippen LogP contribution in [0.3, 0.4) is 0 Å². The van der Waals surface area contributed by atoms with Crippen LogP contribution in [0.15, 0.2) is 12.3 Å². The first kappa shape index (κ1) is 11.9. The molecule has 0 bridgehead atoms. The third-order valence-electron chi connectivity index (χ3n) is 2.10. The minimum Gasteiger partial charge on any atom is -0.477 e. The molecule has 1 heterocycles. The summed E-state index contributed by atoms with van der Waals surface area (Å²) >= 11 is 0. The lowest BCUT2D eigenvalue weighted by molar-refractivity contribution is 0.291. The zero-order valence-electron chi connectivity index (χ0n) is 9.00. The van der Waals surface area contributed by atoms with Crippen molar-refractivity contribution in [3.63, 3.8) is 0 Å². The van der Waals surface area contributed by atoms with Gasteiger partial charge in [0.25, 0.3) is 0 Å². The Balaban J connectivity index is 2.52. The van der Waals surface area contributed by atoms with Crippen molar-refractivity contribution in [2.45, 2.75) is 32.7 Å². The lowest BCUT2D eigenvalue weighted by Crippen LogP contribution is -2.06. The van der Waals surface area contributed by atoms with Crippen molar-refractivity contribution in [1.29, 1.82) is 0 Å². The van der Waals surface area contributed by atoms with E-state index in [1.54, 1.807) is 0 Å². The summed E-state index contributed by atoms with van der Waals surface area (Å²) in [6.45, 7) is 2.98. The fourth-order valence-corrected chi connectivity index (χ4v) is 1.27. The maximum Gasteiger partial charge on any atom is 0.218 e. The molecule has 0 radical (unpaired) electrons. The van der Waals surface area contributed by atoms with Crippen molar-refractivity contribution in [3.05, 3.63) is 23.6 Å². The van der Waals surface area contributed by atoms with Gasteiger partial charge in [-0.15, -0.1) is 0 Å². The van der Waals surface area contributed by atoms with Crippen molar-refractivity contribution in [2.24, 2.45) is 5.73 Å². The van der Waals surface area contributed by atoms with Crippen LogP contribution in [0, 0.1) is 5.82 Å². The van der Waals surface area contributed by atoms with E-state index in [-0.39, 0.29) is 12.4 Å².